The van der Waals surface area contributed by atoms with Crippen LogP contribution in [0.1, 0.15) is 20.3 Å². The third-order valence-corrected chi connectivity index (χ3v) is 2.53. The fourth-order valence-corrected chi connectivity index (χ4v) is 1.71. The molecule has 1 fully saturated rings. The van der Waals surface area contributed by atoms with Gasteiger partial charge in [0.15, 0.2) is 0 Å². The van der Waals surface area contributed by atoms with E-state index in [0.29, 0.717) is 12.5 Å². The van der Waals surface area contributed by atoms with E-state index in [4.69, 9.17) is 15.9 Å². The van der Waals surface area contributed by atoms with Gasteiger partial charge in [-0.1, -0.05) is 13.8 Å². The topological polar surface area (TPSA) is 62.3 Å². The molecule has 0 aromatic heterocycles. The molecule has 1 atom stereocenters. The second-order valence-corrected chi connectivity index (χ2v) is 4.27. The van der Waals surface area contributed by atoms with Crippen molar-refractivity contribution >= 4 is 5.84 Å². The Morgan fingerprint density at radius 3 is 2.93 bits per heavy atom. The highest BCUT2D eigenvalue weighted by Crippen LogP contribution is 2.12. The number of nitrogens with two attached hydrogens (primary N) is 1. The SMILES string of the molecule is CC(C)C1CN(CC(=N)N)CCCO1. The van der Waals surface area contributed by atoms with Gasteiger partial charge >= 0.3 is 0 Å². The molecule has 4 nitrogen and oxygen atoms in total. The molecular formula is C10H21N3O. The summed E-state index contributed by atoms with van der Waals surface area (Å²) in [6, 6.07) is 0. The summed E-state index contributed by atoms with van der Waals surface area (Å²) >= 11 is 0. The molecule has 1 saturated heterocycles. The van der Waals surface area contributed by atoms with E-state index in [1.165, 1.54) is 0 Å². The maximum Gasteiger partial charge on any atom is 0.105 e. The lowest BCUT2D eigenvalue weighted by molar-refractivity contribution is 0.0247. The molecule has 1 unspecified atom stereocenters. The summed E-state index contributed by atoms with van der Waals surface area (Å²) in [5.41, 5.74) is 5.40. The summed E-state index contributed by atoms with van der Waals surface area (Å²) in [7, 11) is 0. The highest BCUT2D eigenvalue weighted by atomic mass is 16.5. The summed E-state index contributed by atoms with van der Waals surface area (Å²) < 4.78 is 5.72. The van der Waals surface area contributed by atoms with Crippen LogP contribution in [-0.2, 0) is 4.74 Å². The first kappa shape index (κ1) is 11.5. The zero-order valence-corrected chi connectivity index (χ0v) is 9.12. The van der Waals surface area contributed by atoms with Crippen LogP contribution in [0.15, 0.2) is 0 Å². The molecule has 0 aromatic rings. The molecular weight excluding hydrogens is 178 g/mol. The number of hydrogen-bond acceptors (Lipinski definition) is 3. The molecule has 0 amide bonds. The van der Waals surface area contributed by atoms with E-state index >= 15 is 0 Å². The van der Waals surface area contributed by atoms with Crippen molar-refractivity contribution < 1.29 is 4.74 Å². The maximum atomic E-state index is 7.27. The van der Waals surface area contributed by atoms with Gasteiger partial charge in [-0.05, 0) is 12.3 Å². The van der Waals surface area contributed by atoms with E-state index in [1.807, 2.05) is 0 Å². The lowest BCUT2D eigenvalue weighted by Gasteiger charge is -2.25. The van der Waals surface area contributed by atoms with Crippen molar-refractivity contribution in [1.82, 2.24) is 4.90 Å². The molecule has 4 heteroatoms. The minimum absolute atomic E-state index is 0.245. The summed E-state index contributed by atoms with van der Waals surface area (Å²) in [5, 5.41) is 7.27. The maximum absolute atomic E-state index is 7.27. The molecule has 0 saturated carbocycles. The zero-order valence-electron chi connectivity index (χ0n) is 9.12. The Hall–Kier alpha value is -0.610. The third-order valence-electron chi connectivity index (χ3n) is 2.53. The minimum atomic E-state index is 0.245. The molecule has 1 heterocycles. The van der Waals surface area contributed by atoms with Crippen LogP contribution >= 0.6 is 0 Å². The van der Waals surface area contributed by atoms with Crippen LogP contribution in [0, 0.1) is 11.3 Å². The van der Waals surface area contributed by atoms with E-state index in [1.54, 1.807) is 0 Å². The molecule has 82 valence electrons. The first-order valence-corrected chi connectivity index (χ1v) is 5.26. The van der Waals surface area contributed by atoms with Crippen LogP contribution in [-0.4, -0.2) is 43.1 Å². The van der Waals surface area contributed by atoms with Crippen molar-refractivity contribution in [2.24, 2.45) is 11.7 Å². The highest BCUT2D eigenvalue weighted by molar-refractivity contribution is 5.78. The second kappa shape index (κ2) is 5.32. The Bertz CT molecular complexity index is 194. The lowest BCUT2D eigenvalue weighted by Crippen LogP contribution is -2.39. The largest absolute Gasteiger partial charge is 0.387 e. The van der Waals surface area contributed by atoms with E-state index in [-0.39, 0.29) is 11.9 Å². The van der Waals surface area contributed by atoms with Crippen LogP contribution in [0.5, 0.6) is 0 Å². The predicted octanol–water partition coefficient (Wildman–Crippen LogP) is 0.669. The number of nitrogens with zero attached hydrogens (tertiary/aromatic N) is 1. The summed E-state index contributed by atoms with van der Waals surface area (Å²) in [6.07, 6.45) is 1.33. The van der Waals surface area contributed by atoms with Gasteiger partial charge in [-0.25, -0.2) is 0 Å². The molecule has 3 N–H and O–H groups in total. The first-order chi connectivity index (χ1) is 6.59. The van der Waals surface area contributed by atoms with Crippen LogP contribution < -0.4 is 5.73 Å². The molecule has 0 aromatic carbocycles. The normalized spacial score (nSPS) is 24.9. The summed E-state index contributed by atoms with van der Waals surface area (Å²) in [5.74, 6) is 0.775. The highest BCUT2D eigenvalue weighted by Gasteiger charge is 2.21. The molecule has 14 heavy (non-hydrogen) atoms. The van der Waals surface area contributed by atoms with Gasteiger partial charge < -0.3 is 10.5 Å². The number of amidine groups is 1. The van der Waals surface area contributed by atoms with Gasteiger partial charge in [0.1, 0.15) is 5.84 Å². The third kappa shape index (κ3) is 3.64. The van der Waals surface area contributed by atoms with Gasteiger partial charge in [-0.2, -0.15) is 0 Å². The van der Waals surface area contributed by atoms with E-state index in [0.717, 1.165) is 26.1 Å². The van der Waals surface area contributed by atoms with Crippen molar-refractivity contribution in [3.8, 4) is 0 Å². The average Bonchev–Trinajstić information content (AvgIpc) is 2.28. The molecule has 1 aliphatic heterocycles. The van der Waals surface area contributed by atoms with E-state index in [2.05, 4.69) is 18.7 Å². The first-order valence-electron chi connectivity index (χ1n) is 5.26. The Morgan fingerprint density at radius 2 is 2.36 bits per heavy atom. The van der Waals surface area contributed by atoms with Gasteiger partial charge in [0, 0.05) is 19.7 Å². The van der Waals surface area contributed by atoms with Crippen LogP contribution in [0.4, 0.5) is 0 Å². The van der Waals surface area contributed by atoms with Crippen LogP contribution in [0.3, 0.4) is 0 Å². The molecule has 0 bridgehead atoms. The van der Waals surface area contributed by atoms with Gasteiger partial charge in [-0.15, -0.1) is 0 Å². The number of rotatable bonds is 3. The monoisotopic (exact) mass is 199 g/mol. The Balaban J connectivity index is 2.46. The number of nitrogens with one attached hydrogen (secondary N) is 1. The van der Waals surface area contributed by atoms with Gasteiger partial charge in [0.05, 0.1) is 12.6 Å². The minimum Gasteiger partial charge on any atom is -0.387 e. The van der Waals surface area contributed by atoms with Crippen LogP contribution in [0.2, 0.25) is 0 Å². The molecule has 0 spiro atoms. The average molecular weight is 199 g/mol. The van der Waals surface area contributed by atoms with Gasteiger partial charge in [0.2, 0.25) is 0 Å². The molecule has 1 rings (SSSR count). The zero-order chi connectivity index (χ0) is 10.6. The summed E-state index contributed by atoms with van der Waals surface area (Å²) in [6.45, 7) is 7.63. The standard InChI is InChI=1S/C10H21N3O/c1-8(2)9-6-13(7-10(11)12)4-3-5-14-9/h8-9H,3-7H2,1-2H3,(H3,11,12). The predicted molar refractivity (Wildman–Crippen MR) is 57.5 cm³/mol. The smallest absolute Gasteiger partial charge is 0.105 e. The number of hydrogen-bond donors (Lipinski definition) is 2. The van der Waals surface area contributed by atoms with Gasteiger partial charge in [0.25, 0.3) is 0 Å². The molecule has 0 radical (unpaired) electrons. The summed E-state index contributed by atoms with van der Waals surface area (Å²) in [4.78, 5) is 2.21. The van der Waals surface area contributed by atoms with Crippen molar-refractivity contribution in [2.45, 2.75) is 26.4 Å². The lowest BCUT2D eigenvalue weighted by atomic mass is 10.1. The Morgan fingerprint density at radius 1 is 1.64 bits per heavy atom. The number of ether oxygens (including phenoxy) is 1. The fourth-order valence-electron chi connectivity index (χ4n) is 1.71. The van der Waals surface area contributed by atoms with Crippen molar-refractivity contribution in [3.05, 3.63) is 0 Å². The second-order valence-electron chi connectivity index (χ2n) is 4.27. The quantitative estimate of drug-likeness (QED) is 0.519. The Kier molecular flexibility index (Phi) is 4.35. The van der Waals surface area contributed by atoms with Crippen molar-refractivity contribution in [2.75, 3.05) is 26.2 Å². The molecule has 1 aliphatic rings. The van der Waals surface area contributed by atoms with Crippen LogP contribution in [0.25, 0.3) is 0 Å². The Labute approximate surface area is 85.9 Å². The molecule has 0 aliphatic carbocycles. The van der Waals surface area contributed by atoms with E-state index in [9.17, 15) is 0 Å². The van der Waals surface area contributed by atoms with Crippen molar-refractivity contribution in [1.29, 1.82) is 5.41 Å². The van der Waals surface area contributed by atoms with Crippen molar-refractivity contribution in [3.63, 3.8) is 0 Å². The van der Waals surface area contributed by atoms with E-state index < -0.39 is 0 Å². The van der Waals surface area contributed by atoms with Gasteiger partial charge in [-0.3, -0.25) is 10.3 Å². The fraction of sp³-hybridized carbons (Fsp3) is 0.900.